The van der Waals surface area contributed by atoms with Crippen LogP contribution in [0.1, 0.15) is 22.8 Å². The molecule has 9 heteroatoms. The van der Waals surface area contributed by atoms with E-state index in [1.54, 1.807) is 12.1 Å². The number of hydrogen-bond acceptors (Lipinski definition) is 6. The summed E-state index contributed by atoms with van der Waals surface area (Å²) in [5.74, 6) is -1.15. The lowest BCUT2D eigenvalue weighted by Crippen LogP contribution is -2.34. The minimum Gasteiger partial charge on any atom is -0.743 e. The van der Waals surface area contributed by atoms with Crippen molar-refractivity contribution < 1.29 is 36.0 Å². The first-order valence-corrected chi connectivity index (χ1v) is 7.21. The lowest BCUT2D eigenvalue weighted by Gasteiger charge is -2.19. The molecule has 0 saturated carbocycles. The number of halogens is 2. The van der Waals surface area contributed by atoms with Gasteiger partial charge in [-0.3, -0.25) is 0 Å². The van der Waals surface area contributed by atoms with Crippen molar-refractivity contribution in [2.75, 3.05) is 13.2 Å². The molecule has 0 amide bonds. The van der Waals surface area contributed by atoms with Gasteiger partial charge in [0.1, 0.15) is 5.60 Å². The summed E-state index contributed by atoms with van der Waals surface area (Å²) in [6.07, 6.45) is 0. The number of rotatable bonds is 5. The highest BCUT2D eigenvalue weighted by Crippen LogP contribution is 2.37. The Morgan fingerprint density at radius 3 is 2.38 bits per heavy atom. The fraction of sp³-hybridized carbons (Fsp3) is 0.417. The van der Waals surface area contributed by atoms with Crippen LogP contribution in [0.4, 0.5) is 8.78 Å². The molecular weight excluding hydrogens is 310 g/mol. The number of hydrogen-bond donors (Lipinski definition) is 0. The van der Waals surface area contributed by atoms with Gasteiger partial charge in [0.15, 0.2) is 16.7 Å². The maximum Gasteiger partial charge on any atom is 0.367 e. The van der Waals surface area contributed by atoms with Crippen molar-refractivity contribution in [3.05, 3.63) is 35.4 Å². The molecule has 0 bridgehead atoms. The highest BCUT2D eigenvalue weighted by atomic mass is 32.2. The van der Waals surface area contributed by atoms with Crippen LogP contribution in [0.15, 0.2) is 24.3 Å². The number of epoxide rings is 1. The summed E-state index contributed by atoms with van der Waals surface area (Å²) in [6, 6.07) is 5.83. The summed E-state index contributed by atoms with van der Waals surface area (Å²) in [5.41, 5.74) is 0.375. The lowest BCUT2D eigenvalue weighted by molar-refractivity contribution is -0.00997. The molecular formula is C12H11F2O6S-. The second-order valence-corrected chi connectivity index (χ2v) is 6.27. The van der Waals surface area contributed by atoms with Gasteiger partial charge in [-0.05, 0) is 24.6 Å². The van der Waals surface area contributed by atoms with Crippen molar-refractivity contribution in [2.24, 2.45) is 0 Å². The van der Waals surface area contributed by atoms with Gasteiger partial charge in [0.25, 0.3) is 0 Å². The van der Waals surface area contributed by atoms with Crippen molar-refractivity contribution in [3.63, 3.8) is 0 Å². The van der Waals surface area contributed by atoms with Gasteiger partial charge >= 0.3 is 11.2 Å². The number of alkyl halides is 2. The Kier molecular flexibility index (Phi) is 3.77. The van der Waals surface area contributed by atoms with Gasteiger partial charge in [-0.1, -0.05) is 12.1 Å². The predicted molar refractivity (Wildman–Crippen MR) is 64.7 cm³/mol. The third-order valence-corrected chi connectivity index (χ3v) is 3.90. The van der Waals surface area contributed by atoms with E-state index in [1.807, 2.05) is 6.92 Å². The lowest BCUT2D eigenvalue weighted by atomic mass is 10.0. The molecule has 1 atom stereocenters. The van der Waals surface area contributed by atoms with Crippen LogP contribution in [0.2, 0.25) is 0 Å². The van der Waals surface area contributed by atoms with Crippen LogP contribution < -0.4 is 0 Å². The van der Waals surface area contributed by atoms with Crippen molar-refractivity contribution in [2.45, 2.75) is 17.8 Å². The molecule has 1 aromatic rings. The van der Waals surface area contributed by atoms with Crippen LogP contribution in [0.25, 0.3) is 0 Å². The molecule has 0 N–H and O–H groups in total. The maximum absolute atomic E-state index is 12.8. The Balaban J connectivity index is 2.01. The van der Waals surface area contributed by atoms with Gasteiger partial charge < -0.3 is 14.0 Å². The molecule has 1 heterocycles. The molecule has 0 aliphatic carbocycles. The Hall–Kier alpha value is -1.58. The highest BCUT2D eigenvalue weighted by molar-refractivity contribution is 7.86. The van der Waals surface area contributed by atoms with Gasteiger partial charge in [0.2, 0.25) is 0 Å². The minimum absolute atomic E-state index is 0.0397. The molecule has 2 rings (SSSR count). The Morgan fingerprint density at radius 2 is 1.95 bits per heavy atom. The fourth-order valence-corrected chi connectivity index (χ4v) is 1.74. The fourth-order valence-electron chi connectivity index (χ4n) is 1.54. The smallest absolute Gasteiger partial charge is 0.367 e. The second kappa shape index (κ2) is 5.00. The van der Waals surface area contributed by atoms with Crippen molar-refractivity contribution in [1.82, 2.24) is 0 Å². The SMILES string of the molecule is CC1(c2ccc(C(=O)OCC(F)(F)S(=O)(=O)[O-])cc2)CO1. The van der Waals surface area contributed by atoms with E-state index in [1.165, 1.54) is 12.1 Å². The standard InChI is InChI=1S/C12H12F2O6S/c1-11(6-20-11)9-4-2-8(3-5-9)10(15)19-7-12(13,14)21(16,17)18/h2-5H,6-7H2,1H3,(H,16,17,18)/p-1. The van der Waals surface area contributed by atoms with E-state index in [0.717, 1.165) is 5.56 Å². The van der Waals surface area contributed by atoms with Gasteiger partial charge in [0.05, 0.1) is 12.2 Å². The van der Waals surface area contributed by atoms with Crippen molar-refractivity contribution in [1.29, 1.82) is 0 Å². The van der Waals surface area contributed by atoms with Crippen molar-refractivity contribution in [3.8, 4) is 0 Å². The number of carbonyl (C=O) groups excluding carboxylic acids is 1. The van der Waals surface area contributed by atoms with E-state index in [4.69, 9.17) is 4.74 Å². The quantitative estimate of drug-likeness (QED) is 0.460. The summed E-state index contributed by atoms with van der Waals surface area (Å²) in [7, 11) is -5.88. The van der Waals surface area contributed by atoms with Gasteiger partial charge in [-0.25, -0.2) is 13.2 Å². The molecule has 6 nitrogen and oxygen atoms in total. The predicted octanol–water partition coefficient (Wildman–Crippen LogP) is 1.23. The van der Waals surface area contributed by atoms with Crippen LogP contribution in [-0.4, -0.2) is 37.4 Å². The average Bonchev–Trinajstić information content (AvgIpc) is 3.14. The topological polar surface area (TPSA) is 96.0 Å². The Bertz CT molecular complexity index is 649. The monoisotopic (exact) mass is 321 g/mol. The molecule has 116 valence electrons. The molecule has 1 unspecified atom stereocenters. The number of benzene rings is 1. The summed E-state index contributed by atoms with van der Waals surface area (Å²) in [5, 5.41) is -4.65. The van der Waals surface area contributed by atoms with E-state index < -0.39 is 33.5 Å². The summed E-state index contributed by atoms with van der Waals surface area (Å²) < 4.78 is 65.8. The zero-order valence-corrected chi connectivity index (χ0v) is 11.7. The third-order valence-electron chi connectivity index (χ3n) is 3.05. The normalized spacial score (nSPS) is 21.9. The maximum atomic E-state index is 12.8. The van der Waals surface area contributed by atoms with Crippen molar-refractivity contribution >= 4 is 16.1 Å². The summed E-state index contributed by atoms with van der Waals surface area (Å²) in [4.78, 5) is 11.5. The molecule has 0 spiro atoms. The van der Waals surface area contributed by atoms with E-state index in [2.05, 4.69) is 4.74 Å². The highest BCUT2D eigenvalue weighted by Gasteiger charge is 2.41. The Morgan fingerprint density at radius 1 is 1.43 bits per heavy atom. The van der Waals surface area contributed by atoms with E-state index >= 15 is 0 Å². The zero-order valence-electron chi connectivity index (χ0n) is 10.8. The molecule has 0 aromatic heterocycles. The first kappa shape index (κ1) is 15.8. The largest absolute Gasteiger partial charge is 0.743 e. The van der Waals surface area contributed by atoms with Gasteiger partial charge in [0, 0.05) is 0 Å². The molecule has 21 heavy (non-hydrogen) atoms. The van der Waals surface area contributed by atoms with Gasteiger partial charge in [-0.15, -0.1) is 0 Å². The molecule has 1 fully saturated rings. The van der Waals surface area contributed by atoms with Crippen LogP contribution in [0.5, 0.6) is 0 Å². The molecule has 0 radical (unpaired) electrons. The summed E-state index contributed by atoms with van der Waals surface area (Å²) >= 11 is 0. The molecule has 1 aliphatic rings. The van der Waals surface area contributed by atoms with E-state index in [0.29, 0.717) is 6.61 Å². The Labute approximate surface area is 119 Å². The number of carbonyl (C=O) groups is 1. The minimum atomic E-state index is -5.88. The van der Waals surface area contributed by atoms with Crippen LogP contribution in [0, 0.1) is 0 Å². The average molecular weight is 321 g/mol. The molecule has 1 aromatic carbocycles. The first-order valence-electron chi connectivity index (χ1n) is 5.80. The summed E-state index contributed by atoms with van der Waals surface area (Å²) in [6.45, 7) is 0.574. The van der Waals surface area contributed by atoms with Crippen LogP contribution in [0.3, 0.4) is 0 Å². The first-order chi connectivity index (χ1) is 9.55. The third kappa shape index (κ3) is 3.36. The zero-order chi connectivity index (χ0) is 15.9. The van der Waals surface area contributed by atoms with Crippen LogP contribution in [-0.2, 0) is 25.2 Å². The number of esters is 1. The van der Waals surface area contributed by atoms with Gasteiger partial charge in [-0.2, -0.15) is 8.78 Å². The van der Waals surface area contributed by atoms with Crippen LogP contribution >= 0.6 is 0 Å². The number of ether oxygens (including phenoxy) is 2. The van der Waals surface area contributed by atoms with E-state index in [-0.39, 0.29) is 5.56 Å². The van der Waals surface area contributed by atoms with E-state index in [9.17, 15) is 26.5 Å². The second-order valence-electron chi connectivity index (χ2n) is 4.76. The molecule has 1 aliphatic heterocycles. The molecule has 1 saturated heterocycles.